The van der Waals surface area contributed by atoms with Crippen LogP contribution in [-0.4, -0.2) is 42.1 Å². The van der Waals surface area contributed by atoms with Gasteiger partial charge in [-0.25, -0.2) is 9.78 Å². The van der Waals surface area contributed by atoms with Crippen LogP contribution in [0.5, 0.6) is 0 Å². The fourth-order valence-corrected chi connectivity index (χ4v) is 2.80. The number of halogens is 1. The second-order valence-electron chi connectivity index (χ2n) is 5.14. The van der Waals surface area contributed by atoms with E-state index in [2.05, 4.69) is 26.2 Å². The Hall–Kier alpha value is -1.63. The van der Waals surface area contributed by atoms with Gasteiger partial charge in [0.1, 0.15) is 11.4 Å². The number of carbonyl (C=O) groups is 2. The molecule has 0 aromatic carbocycles. The zero-order valence-corrected chi connectivity index (χ0v) is 12.9. The number of nitrogens with one attached hydrogen (secondary N) is 1. The molecule has 0 bridgehead atoms. The van der Waals surface area contributed by atoms with Gasteiger partial charge in [-0.3, -0.25) is 4.79 Å². The van der Waals surface area contributed by atoms with Crippen LogP contribution in [0.1, 0.15) is 23.7 Å². The molecule has 2 heterocycles. The highest BCUT2D eigenvalue weighted by Crippen LogP contribution is 2.34. The molecule has 1 atom stereocenters. The average molecular weight is 342 g/mol. The molecular weight excluding hydrogens is 326 g/mol. The minimum atomic E-state index is -1.03. The lowest BCUT2D eigenvalue weighted by Gasteiger charge is -2.24. The van der Waals surface area contributed by atoms with Gasteiger partial charge < -0.3 is 15.3 Å². The highest BCUT2D eigenvalue weighted by molar-refractivity contribution is 9.10. The summed E-state index contributed by atoms with van der Waals surface area (Å²) in [5.74, 6) is -0.648. The van der Waals surface area contributed by atoms with Crippen molar-refractivity contribution in [2.24, 2.45) is 5.41 Å². The lowest BCUT2D eigenvalue weighted by atomic mass is 9.89. The van der Waals surface area contributed by atoms with Gasteiger partial charge in [0.25, 0.3) is 0 Å². The number of carboxylic acids is 1. The zero-order valence-electron chi connectivity index (χ0n) is 11.3. The fourth-order valence-electron chi connectivity index (χ4n) is 2.47. The van der Waals surface area contributed by atoms with E-state index in [1.807, 2.05) is 11.8 Å². The molecule has 1 aromatic heterocycles. The molecule has 1 saturated heterocycles. The Morgan fingerprint density at radius 1 is 1.55 bits per heavy atom. The van der Waals surface area contributed by atoms with Gasteiger partial charge in [0.15, 0.2) is 0 Å². The maximum Gasteiger partial charge on any atom is 0.339 e. The summed E-state index contributed by atoms with van der Waals surface area (Å²) in [6.07, 6.45) is 2.24. The standard InChI is InChI=1S/C13H16BrN3O3/c1-13(12(20)15-2)3-4-17(7-13)10-9(11(18)19)5-8(14)6-16-10/h5-6H,3-4,7H2,1-2H3,(H,15,20)(H,18,19). The van der Waals surface area contributed by atoms with Crippen LogP contribution in [0.15, 0.2) is 16.7 Å². The van der Waals surface area contributed by atoms with Crippen molar-refractivity contribution >= 4 is 33.6 Å². The minimum absolute atomic E-state index is 0.0333. The van der Waals surface area contributed by atoms with E-state index in [4.69, 9.17) is 0 Å². The summed E-state index contributed by atoms with van der Waals surface area (Å²) in [6.45, 7) is 2.95. The molecule has 1 aromatic rings. The van der Waals surface area contributed by atoms with E-state index >= 15 is 0 Å². The first-order valence-corrected chi connectivity index (χ1v) is 7.02. The van der Waals surface area contributed by atoms with Crippen molar-refractivity contribution in [2.45, 2.75) is 13.3 Å². The predicted octanol–water partition coefficient (Wildman–Crippen LogP) is 1.50. The van der Waals surface area contributed by atoms with E-state index in [1.54, 1.807) is 13.2 Å². The van der Waals surface area contributed by atoms with Gasteiger partial charge in [0.05, 0.1) is 5.41 Å². The summed E-state index contributed by atoms with van der Waals surface area (Å²) in [5.41, 5.74) is -0.375. The van der Waals surface area contributed by atoms with Crippen LogP contribution in [0.4, 0.5) is 5.82 Å². The van der Waals surface area contributed by atoms with E-state index in [0.717, 1.165) is 0 Å². The summed E-state index contributed by atoms with van der Waals surface area (Å²) in [5, 5.41) is 11.9. The van der Waals surface area contributed by atoms with Gasteiger partial charge in [-0.05, 0) is 35.3 Å². The number of aromatic nitrogens is 1. The Kier molecular flexibility index (Phi) is 3.99. The van der Waals surface area contributed by atoms with E-state index in [1.165, 1.54) is 6.07 Å². The fraction of sp³-hybridized carbons (Fsp3) is 0.462. The molecule has 1 amide bonds. The Bertz CT molecular complexity index is 564. The molecule has 20 heavy (non-hydrogen) atoms. The Morgan fingerprint density at radius 3 is 2.85 bits per heavy atom. The van der Waals surface area contributed by atoms with Crippen LogP contribution in [0, 0.1) is 5.41 Å². The number of carboxylic acid groups (broad SMARTS) is 1. The number of amides is 1. The van der Waals surface area contributed by atoms with Gasteiger partial charge in [0, 0.05) is 30.8 Å². The lowest BCUT2D eigenvalue weighted by molar-refractivity contribution is -0.128. The SMILES string of the molecule is CNC(=O)C1(C)CCN(c2ncc(Br)cc2C(=O)O)C1. The Morgan fingerprint density at radius 2 is 2.25 bits per heavy atom. The van der Waals surface area contributed by atoms with Crippen LogP contribution in [0.3, 0.4) is 0 Å². The molecule has 2 rings (SSSR count). The number of carbonyl (C=O) groups excluding carboxylic acids is 1. The second kappa shape index (κ2) is 5.40. The van der Waals surface area contributed by atoms with Gasteiger partial charge in [-0.15, -0.1) is 0 Å². The van der Waals surface area contributed by atoms with Crippen molar-refractivity contribution < 1.29 is 14.7 Å². The molecular formula is C13H16BrN3O3. The van der Waals surface area contributed by atoms with Crippen molar-refractivity contribution in [3.05, 3.63) is 22.3 Å². The molecule has 108 valence electrons. The third-order valence-corrected chi connectivity index (χ3v) is 4.05. The summed E-state index contributed by atoms with van der Waals surface area (Å²) in [4.78, 5) is 29.3. The molecule has 0 radical (unpaired) electrons. The summed E-state index contributed by atoms with van der Waals surface area (Å²) in [6, 6.07) is 1.53. The van der Waals surface area contributed by atoms with E-state index in [-0.39, 0.29) is 11.5 Å². The summed E-state index contributed by atoms with van der Waals surface area (Å²) < 4.78 is 0.618. The Balaban J connectivity index is 2.31. The first kappa shape index (κ1) is 14.8. The molecule has 0 saturated carbocycles. The van der Waals surface area contributed by atoms with E-state index < -0.39 is 11.4 Å². The highest BCUT2D eigenvalue weighted by atomic mass is 79.9. The number of nitrogens with zero attached hydrogens (tertiary/aromatic N) is 2. The number of hydrogen-bond donors (Lipinski definition) is 2. The van der Waals surface area contributed by atoms with Gasteiger partial charge in [0.2, 0.25) is 5.91 Å². The number of anilines is 1. The minimum Gasteiger partial charge on any atom is -0.478 e. The van der Waals surface area contributed by atoms with Crippen LogP contribution in [0.2, 0.25) is 0 Å². The van der Waals surface area contributed by atoms with E-state index in [9.17, 15) is 14.7 Å². The van der Waals surface area contributed by atoms with Gasteiger partial charge >= 0.3 is 5.97 Å². The number of hydrogen-bond acceptors (Lipinski definition) is 4. The van der Waals surface area contributed by atoms with Gasteiger partial charge in [-0.2, -0.15) is 0 Å². The molecule has 0 aliphatic carbocycles. The number of rotatable bonds is 3. The molecule has 1 fully saturated rings. The predicted molar refractivity (Wildman–Crippen MR) is 77.9 cm³/mol. The first-order chi connectivity index (χ1) is 9.37. The molecule has 0 spiro atoms. The number of aromatic carboxylic acids is 1. The largest absolute Gasteiger partial charge is 0.478 e. The Labute approximate surface area is 125 Å². The lowest BCUT2D eigenvalue weighted by Crippen LogP contribution is -2.39. The average Bonchev–Trinajstić information content (AvgIpc) is 2.81. The van der Waals surface area contributed by atoms with Crippen LogP contribution in [-0.2, 0) is 4.79 Å². The molecule has 7 heteroatoms. The summed E-state index contributed by atoms with van der Waals surface area (Å²) in [7, 11) is 1.61. The third kappa shape index (κ3) is 2.63. The highest BCUT2D eigenvalue weighted by Gasteiger charge is 2.41. The smallest absolute Gasteiger partial charge is 0.339 e. The van der Waals surface area contributed by atoms with Crippen molar-refractivity contribution in [1.82, 2.24) is 10.3 Å². The van der Waals surface area contributed by atoms with Crippen molar-refractivity contribution in [2.75, 3.05) is 25.0 Å². The quantitative estimate of drug-likeness (QED) is 0.870. The van der Waals surface area contributed by atoms with Crippen LogP contribution >= 0.6 is 15.9 Å². The van der Waals surface area contributed by atoms with E-state index in [0.29, 0.717) is 29.8 Å². The normalized spacial score (nSPS) is 21.9. The zero-order chi connectivity index (χ0) is 14.9. The first-order valence-electron chi connectivity index (χ1n) is 6.23. The monoisotopic (exact) mass is 341 g/mol. The summed E-state index contributed by atoms with van der Waals surface area (Å²) >= 11 is 3.22. The molecule has 1 aliphatic heterocycles. The van der Waals surface area contributed by atoms with Crippen LogP contribution < -0.4 is 10.2 Å². The maximum absolute atomic E-state index is 11.9. The van der Waals surface area contributed by atoms with Crippen molar-refractivity contribution in [3.63, 3.8) is 0 Å². The molecule has 2 N–H and O–H groups in total. The van der Waals surface area contributed by atoms with Gasteiger partial charge in [-0.1, -0.05) is 0 Å². The maximum atomic E-state index is 11.9. The number of pyridine rings is 1. The molecule has 1 aliphatic rings. The topological polar surface area (TPSA) is 82.5 Å². The third-order valence-electron chi connectivity index (χ3n) is 3.61. The molecule has 1 unspecified atom stereocenters. The van der Waals surface area contributed by atoms with Crippen molar-refractivity contribution in [3.8, 4) is 0 Å². The second-order valence-corrected chi connectivity index (χ2v) is 6.06. The van der Waals surface area contributed by atoms with Crippen LogP contribution in [0.25, 0.3) is 0 Å². The van der Waals surface area contributed by atoms with Crippen molar-refractivity contribution in [1.29, 1.82) is 0 Å². The molecule has 6 nitrogen and oxygen atoms in total.